The zero-order valence-electron chi connectivity index (χ0n) is 9.15. The second-order valence-corrected chi connectivity index (χ2v) is 4.55. The van der Waals surface area contributed by atoms with Gasteiger partial charge < -0.3 is 5.32 Å². The van der Waals surface area contributed by atoms with Crippen molar-refractivity contribution in [3.05, 3.63) is 64.1 Å². The Morgan fingerprint density at radius 1 is 1.06 bits per heavy atom. The molecule has 0 aliphatic carbocycles. The van der Waals surface area contributed by atoms with Crippen molar-refractivity contribution in [2.24, 2.45) is 0 Å². The lowest BCUT2D eigenvalue weighted by Crippen LogP contribution is -2.00. The van der Waals surface area contributed by atoms with Crippen LogP contribution in [-0.4, -0.2) is 0 Å². The van der Waals surface area contributed by atoms with Gasteiger partial charge in [-0.1, -0.05) is 40.2 Å². The highest BCUT2D eigenvalue weighted by atomic mass is 79.9. The predicted octanol–water partition coefficient (Wildman–Crippen LogP) is 3.93. The molecule has 0 radical (unpaired) electrons. The average molecular weight is 287 g/mol. The summed E-state index contributed by atoms with van der Waals surface area (Å²) in [5.41, 5.74) is 2.73. The maximum Gasteiger partial charge on any atom is 0.101 e. The van der Waals surface area contributed by atoms with Crippen molar-refractivity contribution >= 4 is 21.6 Å². The highest BCUT2D eigenvalue weighted by Gasteiger charge is 1.99. The first-order valence-electron chi connectivity index (χ1n) is 5.27. The zero-order valence-corrected chi connectivity index (χ0v) is 10.7. The van der Waals surface area contributed by atoms with Crippen molar-refractivity contribution in [2.45, 2.75) is 6.54 Å². The first-order chi connectivity index (χ1) is 8.29. The molecule has 0 heterocycles. The van der Waals surface area contributed by atoms with E-state index in [0.29, 0.717) is 12.1 Å². The normalized spacial score (nSPS) is 9.65. The van der Waals surface area contributed by atoms with E-state index in [1.807, 2.05) is 48.5 Å². The van der Waals surface area contributed by atoms with E-state index in [1.165, 1.54) is 5.56 Å². The maximum absolute atomic E-state index is 8.96. The Hall–Kier alpha value is -1.79. The van der Waals surface area contributed by atoms with Crippen molar-refractivity contribution in [3.63, 3.8) is 0 Å². The van der Waals surface area contributed by atoms with Gasteiger partial charge >= 0.3 is 0 Å². The van der Waals surface area contributed by atoms with Crippen LogP contribution in [0.3, 0.4) is 0 Å². The van der Waals surface area contributed by atoms with E-state index in [4.69, 9.17) is 5.26 Å². The van der Waals surface area contributed by atoms with Gasteiger partial charge in [0.1, 0.15) is 6.07 Å². The summed E-state index contributed by atoms with van der Waals surface area (Å²) < 4.78 is 1.07. The molecule has 0 aromatic heterocycles. The van der Waals surface area contributed by atoms with E-state index in [2.05, 4.69) is 27.3 Å². The molecule has 84 valence electrons. The van der Waals surface area contributed by atoms with Crippen molar-refractivity contribution in [2.75, 3.05) is 5.32 Å². The molecule has 2 rings (SSSR count). The van der Waals surface area contributed by atoms with E-state index in [9.17, 15) is 0 Å². The van der Waals surface area contributed by atoms with Crippen LogP contribution in [-0.2, 0) is 6.54 Å². The predicted molar refractivity (Wildman–Crippen MR) is 72.6 cm³/mol. The van der Waals surface area contributed by atoms with Gasteiger partial charge in [0.25, 0.3) is 0 Å². The largest absolute Gasteiger partial charge is 0.380 e. The molecular weight excluding hydrogens is 276 g/mol. The number of nitrogens with one attached hydrogen (secondary N) is 1. The fourth-order valence-electron chi connectivity index (χ4n) is 1.53. The highest BCUT2D eigenvalue weighted by Crippen LogP contribution is 2.16. The average Bonchev–Trinajstić information content (AvgIpc) is 2.38. The smallest absolute Gasteiger partial charge is 0.101 e. The molecule has 0 aliphatic heterocycles. The molecule has 0 unspecified atom stereocenters. The van der Waals surface area contributed by atoms with Crippen LogP contribution in [0, 0.1) is 11.3 Å². The fourth-order valence-corrected chi connectivity index (χ4v) is 1.80. The van der Waals surface area contributed by atoms with Crippen LogP contribution < -0.4 is 5.32 Å². The third-order valence-corrected chi connectivity index (χ3v) is 2.97. The first-order valence-corrected chi connectivity index (χ1v) is 6.06. The number of halogens is 1. The molecule has 0 amide bonds. The quantitative estimate of drug-likeness (QED) is 0.928. The van der Waals surface area contributed by atoms with E-state index in [1.54, 1.807) is 0 Å². The summed E-state index contributed by atoms with van der Waals surface area (Å²) in [5.74, 6) is 0. The minimum absolute atomic E-state index is 0.671. The number of nitriles is 1. The number of anilines is 1. The van der Waals surface area contributed by atoms with Crippen LogP contribution in [0.25, 0.3) is 0 Å². The molecule has 2 nitrogen and oxygen atoms in total. The SMILES string of the molecule is N#Cc1ccccc1NCc1ccc(Br)cc1. The minimum Gasteiger partial charge on any atom is -0.380 e. The number of hydrogen-bond donors (Lipinski definition) is 1. The highest BCUT2D eigenvalue weighted by molar-refractivity contribution is 9.10. The summed E-state index contributed by atoms with van der Waals surface area (Å²) in [7, 11) is 0. The van der Waals surface area contributed by atoms with Crippen LogP contribution in [0.2, 0.25) is 0 Å². The van der Waals surface area contributed by atoms with Crippen LogP contribution in [0.15, 0.2) is 53.0 Å². The molecule has 2 aromatic carbocycles. The first kappa shape index (κ1) is 11.7. The Morgan fingerprint density at radius 3 is 2.47 bits per heavy atom. The Kier molecular flexibility index (Phi) is 3.79. The summed E-state index contributed by atoms with van der Waals surface area (Å²) >= 11 is 3.40. The molecule has 0 saturated heterocycles. The Balaban J connectivity index is 2.08. The third kappa shape index (κ3) is 3.08. The molecule has 0 spiro atoms. The Morgan fingerprint density at radius 2 is 1.76 bits per heavy atom. The number of nitrogens with zero attached hydrogens (tertiary/aromatic N) is 1. The van der Waals surface area contributed by atoms with E-state index in [-0.39, 0.29) is 0 Å². The fraction of sp³-hybridized carbons (Fsp3) is 0.0714. The van der Waals surface area contributed by atoms with Crippen LogP contribution in [0.1, 0.15) is 11.1 Å². The van der Waals surface area contributed by atoms with E-state index < -0.39 is 0 Å². The second-order valence-electron chi connectivity index (χ2n) is 3.64. The lowest BCUT2D eigenvalue weighted by Gasteiger charge is -2.07. The van der Waals surface area contributed by atoms with Gasteiger partial charge in [-0.2, -0.15) is 5.26 Å². The molecular formula is C14H11BrN2. The third-order valence-electron chi connectivity index (χ3n) is 2.44. The molecule has 1 N–H and O–H groups in total. The monoisotopic (exact) mass is 286 g/mol. The molecule has 0 fully saturated rings. The summed E-state index contributed by atoms with van der Waals surface area (Å²) in [6, 6.07) is 17.8. The van der Waals surface area contributed by atoms with Crippen LogP contribution in [0.4, 0.5) is 5.69 Å². The second kappa shape index (κ2) is 5.51. The van der Waals surface area contributed by atoms with Crippen LogP contribution in [0.5, 0.6) is 0 Å². The molecule has 0 aliphatic rings. The summed E-state index contributed by atoms with van der Waals surface area (Å²) in [6.45, 7) is 0.714. The molecule has 0 bridgehead atoms. The summed E-state index contributed by atoms with van der Waals surface area (Å²) in [6.07, 6.45) is 0. The van der Waals surface area contributed by atoms with Crippen molar-refractivity contribution in [3.8, 4) is 6.07 Å². The maximum atomic E-state index is 8.96. The number of rotatable bonds is 3. The number of para-hydroxylation sites is 1. The van der Waals surface area contributed by atoms with Gasteiger partial charge in [0.15, 0.2) is 0 Å². The Bertz CT molecular complexity index is 541. The summed E-state index contributed by atoms with van der Waals surface area (Å²) in [5, 5.41) is 12.2. The van der Waals surface area contributed by atoms with Gasteiger partial charge in [-0.3, -0.25) is 0 Å². The molecule has 2 aromatic rings. The lowest BCUT2D eigenvalue weighted by atomic mass is 10.2. The van der Waals surface area contributed by atoms with Crippen LogP contribution >= 0.6 is 15.9 Å². The molecule has 3 heteroatoms. The summed E-state index contributed by atoms with van der Waals surface area (Å²) in [4.78, 5) is 0. The molecule has 17 heavy (non-hydrogen) atoms. The lowest BCUT2D eigenvalue weighted by molar-refractivity contribution is 1.14. The minimum atomic E-state index is 0.671. The van der Waals surface area contributed by atoms with Gasteiger partial charge in [0, 0.05) is 11.0 Å². The van der Waals surface area contributed by atoms with Gasteiger partial charge in [-0.05, 0) is 29.8 Å². The van der Waals surface area contributed by atoms with Gasteiger partial charge in [0.05, 0.1) is 11.3 Å². The number of hydrogen-bond acceptors (Lipinski definition) is 2. The zero-order chi connectivity index (χ0) is 12.1. The van der Waals surface area contributed by atoms with Crippen molar-refractivity contribution in [1.82, 2.24) is 0 Å². The van der Waals surface area contributed by atoms with Gasteiger partial charge in [-0.15, -0.1) is 0 Å². The molecule has 0 atom stereocenters. The topological polar surface area (TPSA) is 35.8 Å². The Labute approximate surface area is 109 Å². The van der Waals surface area contributed by atoms with Crippen molar-refractivity contribution in [1.29, 1.82) is 5.26 Å². The van der Waals surface area contributed by atoms with Gasteiger partial charge in [0.2, 0.25) is 0 Å². The molecule has 0 saturated carbocycles. The van der Waals surface area contributed by atoms with E-state index in [0.717, 1.165) is 10.2 Å². The van der Waals surface area contributed by atoms with Gasteiger partial charge in [-0.25, -0.2) is 0 Å². The van der Waals surface area contributed by atoms with Crippen molar-refractivity contribution < 1.29 is 0 Å². The number of benzene rings is 2. The standard InChI is InChI=1S/C14H11BrN2/c15-13-7-5-11(6-8-13)10-17-14-4-2-1-3-12(14)9-16/h1-8,17H,10H2. The van der Waals surface area contributed by atoms with E-state index >= 15 is 0 Å².